The highest BCUT2D eigenvalue weighted by atomic mass is 35.5. The van der Waals surface area contributed by atoms with Crippen LogP contribution in [0.4, 0.5) is 11.4 Å². The summed E-state index contributed by atoms with van der Waals surface area (Å²) < 4.78 is 2.20. The van der Waals surface area contributed by atoms with Crippen LogP contribution in [0.1, 0.15) is 17.2 Å². The second kappa shape index (κ2) is 10.9. The van der Waals surface area contributed by atoms with Crippen molar-refractivity contribution in [3.8, 4) is 0 Å². The minimum Gasteiger partial charge on any atom is -1.00 e. The van der Waals surface area contributed by atoms with Gasteiger partial charge in [-0.1, -0.05) is 90.5 Å². The number of hydrogen-bond donors (Lipinski definition) is 1. The normalized spacial score (nSPS) is 18.0. The second-order valence-corrected chi connectivity index (χ2v) is 9.38. The number of nitrogens with zero attached hydrogens (tertiary/aromatic N) is 2. The molecule has 1 aliphatic heterocycles. The van der Waals surface area contributed by atoms with E-state index in [4.69, 9.17) is 22.3 Å². The molecule has 0 saturated carbocycles. The summed E-state index contributed by atoms with van der Waals surface area (Å²) in [5.74, 6) is 0. The Hall–Kier alpha value is -3.05. The number of halogens is 2. The van der Waals surface area contributed by atoms with Crippen molar-refractivity contribution in [1.82, 2.24) is 0 Å². The maximum Gasteiger partial charge on any atom is 0.310 e. The van der Waals surface area contributed by atoms with Gasteiger partial charge in [0.1, 0.15) is 17.0 Å². The summed E-state index contributed by atoms with van der Waals surface area (Å²) in [5.41, 5.74) is 11.9. The number of rotatable bonds is 5. The third kappa shape index (κ3) is 5.05. The van der Waals surface area contributed by atoms with Crippen molar-refractivity contribution in [3.05, 3.63) is 131 Å². The van der Waals surface area contributed by atoms with Gasteiger partial charge in [0.05, 0.1) is 11.4 Å². The number of nitrogens with two attached hydrogens (primary N) is 1. The Balaban J connectivity index is 0.00000274. The third-order valence-electron chi connectivity index (χ3n) is 5.64. The molecule has 4 aromatic rings. The molecule has 34 heavy (non-hydrogen) atoms. The molecule has 4 aromatic carbocycles. The lowest BCUT2D eigenvalue weighted by Crippen LogP contribution is -3.00. The Bertz CT molecular complexity index is 1290. The molecule has 5 rings (SSSR count). The molecule has 0 fully saturated rings. The summed E-state index contributed by atoms with van der Waals surface area (Å²) in [4.78, 5) is 5.14. The van der Waals surface area contributed by atoms with E-state index in [0.29, 0.717) is 5.02 Å². The lowest BCUT2D eigenvalue weighted by molar-refractivity contribution is -0.482. The molecule has 170 valence electrons. The van der Waals surface area contributed by atoms with Gasteiger partial charge in [0.2, 0.25) is 0 Å². The standard InChI is InChI=1S/C28H22ClN3S.ClH/c29-22-16-18-24(19-17-22)32-26(21-12-6-2-7-13-21)27(33-28(32)30)25(20-10-4-1-5-11-20)31-23-14-8-3-9-15-23;/h1-19,26-27,30H;1H. The fourth-order valence-corrected chi connectivity index (χ4v) is 5.56. The molecule has 1 heterocycles. The molecule has 6 heteroatoms. The molecule has 0 saturated heterocycles. The van der Waals surface area contributed by atoms with Crippen LogP contribution >= 0.6 is 23.4 Å². The van der Waals surface area contributed by atoms with Crippen molar-refractivity contribution in [2.75, 3.05) is 0 Å². The maximum absolute atomic E-state index is 6.69. The first-order chi connectivity index (χ1) is 16.2. The van der Waals surface area contributed by atoms with Crippen molar-refractivity contribution in [1.29, 1.82) is 0 Å². The predicted octanol–water partition coefficient (Wildman–Crippen LogP) is 3.98. The van der Waals surface area contributed by atoms with Crippen molar-refractivity contribution in [3.63, 3.8) is 0 Å². The van der Waals surface area contributed by atoms with E-state index in [1.165, 1.54) is 5.56 Å². The first kappa shape index (κ1) is 24.1. The average molecular weight is 504 g/mol. The summed E-state index contributed by atoms with van der Waals surface area (Å²) in [6.07, 6.45) is 0. The van der Waals surface area contributed by atoms with Crippen LogP contribution in [0.5, 0.6) is 0 Å². The van der Waals surface area contributed by atoms with Gasteiger partial charge in [-0.3, -0.25) is 10.7 Å². The maximum atomic E-state index is 6.69. The Kier molecular flexibility index (Phi) is 7.73. The molecule has 0 spiro atoms. The first-order valence-electron chi connectivity index (χ1n) is 10.8. The average Bonchev–Trinajstić information content (AvgIpc) is 3.21. The Morgan fingerprint density at radius 1 is 0.765 bits per heavy atom. The Labute approximate surface area is 215 Å². The van der Waals surface area contributed by atoms with Crippen LogP contribution in [0.15, 0.2) is 120 Å². The van der Waals surface area contributed by atoms with Crippen LogP contribution in [-0.4, -0.2) is 20.7 Å². The number of aliphatic imine (C=N–C) groups is 1. The monoisotopic (exact) mass is 503 g/mol. The predicted molar refractivity (Wildman–Crippen MR) is 140 cm³/mol. The zero-order chi connectivity index (χ0) is 22.6. The van der Waals surface area contributed by atoms with Gasteiger partial charge < -0.3 is 12.4 Å². The topological polar surface area (TPSA) is 41.4 Å². The molecule has 3 nitrogen and oxygen atoms in total. The van der Waals surface area contributed by atoms with Crippen LogP contribution in [0.25, 0.3) is 0 Å². The summed E-state index contributed by atoms with van der Waals surface area (Å²) in [6, 6.07) is 38.8. The minimum absolute atomic E-state index is 0. The molecule has 0 aromatic heterocycles. The van der Waals surface area contributed by atoms with E-state index in [1.807, 2.05) is 66.7 Å². The van der Waals surface area contributed by atoms with E-state index < -0.39 is 0 Å². The molecular weight excluding hydrogens is 481 g/mol. The van der Waals surface area contributed by atoms with E-state index in [9.17, 15) is 0 Å². The fraction of sp³-hybridized carbons (Fsp3) is 0.0714. The quantitative estimate of drug-likeness (QED) is 0.330. The smallest absolute Gasteiger partial charge is 0.310 e. The van der Waals surface area contributed by atoms with Gasteiger partial charge in [0.25, 0.3) is 0 Å². The number of thioether (sulfide) groups is 1. The second-order valence-electron chi connectivity index (χ2n) is 7.78. The van der Waals surface area contributed by atoms with Gasteiger partial charge in [-0.05, 0) is 59.3 Å². The summed E-state index contributed by atoms with van der Waals surface area (Å²) in [7, 11) is 0. The Morgan fingerprint density at radius 3 is 1.94 bits per heavy atom. The Morgan fingerprint density at radius 2 is 1.32 bits per heavy atom. The molecular formula is C28H23Cl2N3S. The molecule has 0 amide bonds. The van der Waals surface area contributed by atoms with Crippen molar-refractivity contribution in [2.24, 2.45) is 10.7 Å². The molecule has 0 aliphatic carbocycles. The van der Waals surface area contributed by atoms with Crippen LogP contribution in [0.3, 0.4) is 0 Å². The zero-order valence-corrected chi connectivity index (χ0v) is 20.6. The van der Waals surface area contributed by atoms with Crippen molar-refractivity contribution < 1.29 is 17.0 Å². The van der Waals surface area contributed by atoms with Crippen molar-refractivity contribution >= 4 is 45.6 Å². The summed E-state index contributed by atoms with van der Waals surface area (Å²) in [5, 5.41) is 1.44. The van der Waals surface area contributed by atoms with Crippen LogP contribution in [0.2, 0.25) is 5.02 Å². The van der Waals surface area contributed by atoms with Crippen LogP contribution in [-0.2, 0) is 0 Å². The van der Waals surface area contributed by atoms with Gasteiger partial charge in [-0.25, -0.2) is 4.58 Å². The van der Waals surface area contributed by atoms with Crippen molar-refractivity contribution in [2.45, 2.75) is 11.3 Å². The van der Waals surface area contributed by atoms with Gasteiger partial charge >= 0.3 is 5.17 Å². The molecule has 0 radical (unpaired) electrons. The number of hydrogen-bond acceptors (Lipinski definition) is 3. The number of benzene rings is 4. The van der Waals surface area contributed by atoms with Gasteiger partial charge in [0, 0.05) is 5.02 Å². The third-order valence-corrected chi connectivity index (χ3v) is 7.07. The van der Waals surface area contributed by atoms with Gasteiger partial charge in [-0.2, -0.15) is 0 Å². The molecule has 2 atom stereocenters. The summed E-state index contributed by atoms with van der Waals surface area (Å²) in [6.45, 7) is 0. The van der Waals surface area contributed by atoms with Crippen LogP contribution in [0, 0.1) is 0 Å². The minimum atomic E-state index is -0.0277. The largest absolute Gasteiger partial charge is 1.00 e. The highest BCUT2D eigenvalue weighted by Gasteiger charge is 2.44. The molecule has 0 bridgehead atoms. The molecule has 1 aliphatic rings. The lowest BCUT2D eigenvalue weighted by atomic mass is 9.95. The zero-order valence-electron chi connectivity index (χ0n) is 18.3. The van der Waals surface area contributed by atoms with Gasteiger partial charge in [-0.15, -0.1) is 0 Å². The van der Waals surface area contributed by atoms with Gasteiger partial charge in [0.15, 0.2) is 0 Å². The van der Waals surface area contributed by atoms with E-state index >= 15 is 0 Å². The van der Waals surface area contributed by atoms with E-state index in [1.54, 1.807) is 11.8 Å². The van der Waals surface area contributed by atoms with E-state index in [-0.39, 0.29) is 23.7 Å². The number of amidine groups is 1. The number of para-hydroxylation sites is 1. The molecule has 2 unspecified atom stereocenters. The van der Waals surface area contributed by atoms with Crippen LogP contribution < -0.4 is 18.1 Å². The fourth-order valence-electron chi connectivity index (χ4n) is 4.14. The summed E-state index contributed by atoms with van der Waals surface area (Å²) >= 11 is 7.83. The highest BCUT2D eigenvalue weighted by Crippen LogP contribution is 2.42. The lowest BCUT2D eigenvalue weighted by Gasteiger charge is -2.22. The molecule has 2 N–H and O–H groups in total. The highest BCUT2D eigenvalue weighted by molar-refractivity contribution is 8.14. The van der Waals surface area contributed by atoms with E-state index in [0.717, 1.165) is 27.8 Å². The first-order valence-corrected chi connectivity index (χ1v) is 12.0. The van der Waals surface area contributed by atoms with E-state index in [2.05, 4.69) is 53.1 Å². The SMILES string of the molecule is NC1=[N+](c2ccc(Cl)cc2)C(c2ccccc2)C(C(=Nc2ccccc2)c2ccccc2)S1.[Cl-].